The van der Waals surface area contributed by atoms with E-state index in [2.05, 4.69) is 15.3 Å². The van der Waals surface area contributed by atoms with Crippen LogP contribution in [0.15, 0.2) is 60.9 Å². The van der Waals surface area contributed by atoms with Gasteiger partial charge in [0, 0.05) is 18.0 Å². The predicted octanol–water partition coefficient (Wildman–Crippen LogP) is 3.01. The fraction of sp³-hybridized carbons (Fsp3) is 0.0556. The van der Waals surface area contributed by atoms with Gasteiger partial charge in [0.25, 0.3) is 5.91 Å². The number of nitrogens with one attached hydrogen (secondary N) is 2. The lowest BCUT2D eigenvalue weighted by Gasteiger charge is -2.07. The minimum atomic E-state index is -0.644. The van der Waals surface area contributed by atoms with Crippen LogP contribution in [0.2, 0.25) is 0 Å². The van der Waals surface area contributed by atoms with Crippen LogP contribution in [0.1, 0.15) is 10.4 Å². The number of amides is 1. The van der Waals surface area contributed by atoms with Crippen molar-refractivity contribution in [1.29, 1.82) is 0 Å². The van der Waals surface area contributed by atoms with Gasteiger partial charge in [0.1, 0.15) is 11.6 Å². The van der Waals surface area contributed by atoms with Gasteiger partial charge in [0.2, 0.25) is 0 Å². The van der Waals surface area contributed by atoms with Crippen molar-refractivity contribution in [3.05, 3.63) is 72.3 Å². The Kier molecular flexibility index (Phi) is 4.84. The average molecular weight is 339 g/mol. The van der Waals surface area contributed by atoms with Crippen LogP contribution >= 0.6 is 0 Å². The van der Waals surface area contributed by atoms with Crippen LogP contribution in [0.25, 0.3) is 11.4 Å². The smallest absolute Gasteiger partial charge is 0.338 e. The van der Waals surface area contributed by atoms with Crippen molar-refractivity contribution in [3.8, 4) is 11.4 Å². The van der Waals surface area contributed by atoms with Gasteiger partial charge in [-0.3, -0.25) is 4.79 Å². The van der Waals surface area contributed by atoms with E-state index in [1.807, 2.05) is 0 Å². The van der Waals surface area contributed by atoms with E-state index in [1.54, 1.807) is 42.7 Å². The second-order valence-corrected chi connectivity index (χ2v) is 5.12. The molecule has 0 aliphatic carbocycles. The molecule has 0 saturated heterocycles. The Labute approximate surface area is 142 Å². The first-order chi connectivity index (χ1) is 12.1. The summed E-state index contributed by atoms with van der Waals surface area (Å²) in [6.45, 7) is -0.507. The fourth-order valence-corrected chi connectivity index (χ4v) is 2.15. The van der Waals surface area contributed by atoms with E-state index < -0.39 is 24.3 Å². The van der Waals surface area contributed by atoms with Crippen LogP contribution in [0, 0.1) is 5.82 Å². The number of aromatic nitrogens is 2. The first-order valence-corrected chi connectivity index (χ1v) is 7.45. The van der Waals surface area contributed by atoms with Crippen molar-refractivity contribution in [2.75, 3.05) is 11.9 Å². The zero-order valence-electron chi connectivity index (χ0n) is 13.0. The first-order valence-electron chi connectivity index (χ1n) is 7.45. The number of hydrogen-bond donors (Lipinski definition) is 2. The highest BCUT2D eigenvalue weighted by atomic mass is 19.1. The molecule has 2 N–H and O–H groups in total. The minimum Gasteiger partial charge on any atom is -0.452 e. The summed E-state index contributed by atoms with van der Waals surface area (Å²) >= 11 is 0. The number of halogens is 1. The van der Waals surface area contributed by atoms with Gasteiger partial charge in [-0.15, -0.1) is 0 Å². The largest absolute Gasteiger partial charge is 0.452 e. The second kappa shape index (κ2) is 7.39. The van der Waals surface area contributed by atoms with Crippen LogP contribution < -0.4 is 5.32 Å². The number of imidazole rings is 1. The zero-order chi connectivity index (χ0) is 17.6. The van der Waals surface area contributed by atoms with Crippen LogP contribution in [-0.4, -0.2) is 28.5 Å². The summed E-state index contributed by atoms with van der Waals surface area (Å²) in [4.78, 5) is 30.8. The van der Waals surface area contributed by atoms with Gasteiger partial charge in [-0.1, -0.05) is 24.3 Å². The maximum absolute atomic E-state index is 13.4. The number of nitrogens with zero attached hydrogens (tertiary/aromatic N) is 1. The summed E-state index contributed by atoms with van der Waals surface area (Å²) in [6.07, 6.45) is 3.33. The molecular formula is C18H14FN3O3. The van der Waals surface area contributed by atoms with Crippen molar-refractivity contribution in [2.24, 2.45) is 0 Å². The maximum atomic E-state index is 13.4. The second-order valence-electron chi connectivity index (χ2n) is 5.12. The van der Waals surface area contributed by atoms with E-state index in [4.69, 9.17) is 4.74 Å². The minimum absolute atomic E-state index is 0.0337. The first kappa shape index (κ1) is 16.4. The molecule has 6 nitrogen and oxygen atoms in total. The molecule has 1 amide bonds. The number of ether oxygens (including phenoxy) is 1. The molecule has 3 aromatic rings. The molecule has 0 aliphatic rings. The average Bonchev–Trinajstić information content (AvgIpc) is 3.16. The standard InChI is InChI=1S/C18H14FN3O3/c19-14-3-1-2-4-15(14)22-16(23)11-25-18(24)13-7-5-12(6-8-13)17-20-9-10-21-17/h1-10H,11H2,(H,20,21)(H,22,23). The van der Waals surface area contributed by atoms with Gasteiger partial charge >= 0.3 is 5.97 Å². The molecule has 0 fully saturated rings. The summed E-state index contributed by atoms with van der Waals surface area (Å²) in [5.41, 5.74) is 1.15. The van der Waals surface area contributed by atoms with Crippen LogP contribution in [0.4, 0.5) is 10.1 Å². The molecule has 25 heavy (non-hydrogen) atoms. The number of H-pyrrole nitrogens is 1. The Morgan fingerprint density at radius 3 is 2.56 bits per heavy atom. The van der Waals surface area contributed by atoms with Crippen molar-refractivity contribution in [3.63, 3.8) is 0 Å². The summed E-state index contributed by atoms with van der Waals surface area (Å²) < 4.78 is 18.4. The quantitative estimate of drug-likeness (QED) is 0.700. The number of benzene rings is 2. The molecule has 0 aliphatic heterocycles. The lowest BCUT2D eigenvalue weighted by Crippen LogP contribution is -2.21. The van der Waals surface area contributed by atoms with E-state index in [0.29, 0.717) is 11.4 Å². The number of hydrogen-bond acceptors (Lipinski definition) is 4. The van der Waals surface area contributed by atoms with E-state index in [0.717, 1.165) is 5.56 Å². The lowest BCUT2D eigenvalue weighted by molar-refractivity contribution is -0.119. The summed E-state index contributed by atoms with van der Waals surface area (Å²) in [6, 6.07) is 12.3. The van der Waals surface area contributed by atoms with Crippen molar-refractivity contribution in [1.82, 2.24) is 9.97 Å². The molecule has 0 unspecified atom stereocenters. The van der Waals surface area contributed by atoms with Crippen molar-refractivity contribution < 1.29 is 18.7 Å². The SMILES string of the molecule is O=C(COC(=O)c1ccc(-c2ncc[nH]2)cc1)Nc1ccccc1F. The maximum Gasteiger partial charge on any atom is 0.338 e. The van der Waals surface area contributed by atoms with E-state index in [1.165, 1.54) is 18.2 Å². The monoisotopic (exact) mass is 339 g/mol. The molecular weight excluding hydrogens is 325 g/mol. The summed E-state index contributed by atoms with van der Waals surface area (Å²) in [5.74, 6) is -1.14. The Morgan fingerprint density at radius 1 is 1.12 bits per heavy atom. The third kappa shape index (κ3) is 4.08. The predicted molar refractivity (Wildman–Crippen MR) is 89.3 cm³/mol. The highest BCUT2D eigenvalue weighted by Crippen LogP contribution is 2.16. The summed E-state index contributed by atoms with van der Waals surface area (Å²) in [7, 11) is 0. The van der Waals surface area contributed by atoms with Gasteiger partial charge in [-0.05, 0) is 24.3 Å². The van der Waals surface area contributed by atoms with Crippen LogP contribution in [0.3, 0.4) is 0 Å². The zero-order valence-corrected chi connectivity index (χ0v) is 13.0. The van der Waals surface area contributed by atoms with E-state index in [-0.39, 0.29) is 5.69 Å². The Morgan fingerprint density at radius 2 is 1.88 bits per heavy atom. The molecule has 126 valence electrons. The van der Waals surface area contributed by atoms with Gasteiger partial charge < -0.3 is 15.0 Å². The van der Waals surface area contributed by atoms with Gasteiger partial charge in [-0.2, -0.15) is 0 Å². The lowest BCUT2D eigenvalue weighted by atomic mass is 10.1. The normalized spacial score (nSPS) is 10.3. The molecule has 7 heteroatoms. The molecule has 0 radical (unpaired) electrons. The number of carbonyl (C=O) groups is 2. The molecule has 1 aromatic heterocycles. The van der Waals surface area contributed by atoms with Gasteiger partial charge in [-0.25, -0.2) is 14.2 Å². The Hall–Kier alpha value is -3.48. The van der Waals surface area contributed by atoms with Crippen molar-refractivity contribution in [2.45, 2.75) is 0 Å². The van der Waals surface area contributed by atoms with Gasteiger partial charge in [0.15, 0.2) is 6.61 Å². The number of carbonyl (C=O) groups excluding carboxylic acids is 2. The Bertz CT molecular complexity index is 877. The van der Waals surface area contributed by atoms with E-state index in [9.17, 15) is 14.0 Å². The topological polar surface area (TPSA) is 84.1 Å². The highest BCUT2D eigenvalue weighted by Gasteiger charge is 2.12. The van der Waals surface area contributed by atoms with Crippen LogP contribution in [0.5, 0.6) is 0 Å². The number of anilines is 1. The molecule has 0 spiro atoms. The molecule has 0 bridgehead atoms. The number of aromatic amines is 1. The van der Waals surface area contributed by atoms with Gasteiger partial charge in [0.05, 0.1) is 11.3 Å². The Balaban J connectivity index is 1.55. The molecule has 0 saturated carbocycles. The third-order valence-electron chi connectivity index (χ3n) is 3.37. The molecule has 2 aromatic carbocycles. The number of esters is 1. The molecule has 0 atom stereocenters. The van der Waals surface area contributed by atoms with Crippen LogP contribution in [-0.2, 0) is 9.53 Å². The highest BCUT2D eigenvalue weighted by molar-refractivity contribution is 5.95. The number of rotatable bonds is 5. The number of para-hydroxylation sites is 1. The molecule has 1 heterocycles. The summed E-state index contributed by atoms with van der Waals surface area (Å²) in [5, 5.41) is 2.34. The van der Waals surface area contributed by atoms with Crippen molar-refractivity contribution >= 4 is 17.6 Å². The molecule has 3 rings (SSSR count). The fourth-order valence-electron chi connectivity index (χ4n) is 2.15. The van der Waals surface area contributed by atoms with E-state index >= 15 is 0 Å². The third-order valence-corrected chi connectivity index (χ3v) is 3.37.